The lowest BCUT2D eigenvalue weighted by Crippen LogP contribution is -2.16. The minimum atomic E-state index is -3.90. The first-order chi connectivity index (χ1) is 15.5. The van der Waals surface area contributed by atoms with E-state index < -0.39 is 37.2 Å². The number of amides is 1. The number of benzene rings is 3. The summed E-state index contributed by atoms with van der Waals surface area (Å²) >= 11 is 0. The Bertz CT molecular complexity index is 1350. The van der Waals surface area contributed by atoms with Crippen molar-refractivity contribution < 1.29 is 23.1 Å². The van der Waals surface area contributed by atoms with Crippen LogP contribution in [0, 0.1) is 34.1 Å². The first kappa shape index (κ1) is 23.3. The maximum Gasteiger partial charge on any atom is 0.289 e. The molecule has 0 aliphatic heterocycles. The zero-order valence-corrected chi connectivity index (χ0v) is 18.3. The van der Waals surface area contributed by atoms with Crippen molar-refractivity contribution in [3.05, 3.63) is 97.6 Å². The van der Waals surface area contributed by atoms with Crippen molar-refractivity contribution in [2.75, 3.05) is 10.0 Å². The molecule has 0 fully saturated rings. The number of nitrogens with zero attached hydrogens (tertiary/aromatic N) is 2. The lowest BCUT2D eigenvalue weighted by Gasteiger charge is -2.13. The van der Waals surface area contributed by atoms with Crippen LogP contribution in [0.15, 0.2) is 65.6 Å². The molecule has 11 nitrogen and oxygen atoms in total. The molecule has 0 spiro atoms. The number of para-hydroxylation sites is 1. The fourth-order valence-electron chi connectivity index (χ4n) is 3.06. The second-order valence-electron chi connectivity index (χ2n) is 7.07. The fourth-order valence-corrected chi connectivity index (χ4v) is 4.26. The molecule has 1 amide bonds. The lowest BCUT2D eigenvalue weighted by molar-refractivity contribution is -0.394. The molecule has 12 heteroatoms. The number of nitro groups is 2. The first-order valence-corrected chi connectivity index (χ1v) is 10.9. The summed E-state index contributed by atoms with van der Waals surface area (Å²) in [6.45, 7) is 3.56. The van der Waals surface area contributed by atoms with Gasteiger partial charge < -0.3 is 5.32 Å². The number of carbonyl (C=O) groups is 1. The number of anilines is 2. The molecule has 0 aromatic heterocycles. The highest BCUT2D eigenvalue weighted by Crippen LogP contribution is 2.27. The van der Waals surface area contributed by atoms with Crippen LogP contribution in [0.4, 0.5) is 22.7 Å². The first-order valence-electron chi connectivity index (χ1n) is 9.43. The van der Waals surface area contributed by atoms with Crippen LogP contribution in [0.25, 0.3) is 0 Å². The van der Waals surface area contributed by atoms with Crippen molar-refractivity contribution in [1.82, 2.24) is 0 Å². The summed E-state index contributed by atoms with van der Waals surface area (Å²) in [5.41, 5.74) is 0.542. The predicted molar refractivity (Wildman–Crippen MR) is 121 cm³/mol. The molecule has 3 aromatic rings. The summed E-state index contributed by atoms with van der Waals surface area (Å²) in [6, 6.07) is 13.2. The number of sulfonamides is 1. The standard InChI is InChI=1S/C21H18N4O7S/c1-13-4-3-5-14(2)20(13)23-33(31,32)17-9-6-15(7-10-17)22-21(26)18-11-8-16(24(27)28)12-19(18)25(29)30/h3-12,23H,1-2H3,(H,22,26). The molecule has 0 radical (unpaired) electrons. The molecule has 3 rings (SSSR count). The number of aryl methyl sites for hydroxylation is 2. The van der Waals surface area contributed by atoms with Gasteiger partial charge in [0.25, 0.3) is 27.3 Å². The van der Waals surface area contributed by atoms with Gasteiger partial charge in [0.15, 0.2) is 0 Å². The van der Waals surface area contributed by atoms with Gasteiger partial charge in [0.2, 0.25) is 0 Å². The number of hydrogen-bond acceptors (Lipinski definition) is 7. The average Bonchev–Trinajstić information content (AvgIpc) is 2.76. The maximum atomic E-state index is 12.7. The van der Waals surface area contributed by atoms with E-state index in [4.69, 9.17) is 0 Å². The Morgan fingerprint density at radius 3 is 2.03 bits per heavy atom. The third-order valence-electron chi connectivity index (χ3n) is 4.77. The summed E-state index contributed by atoms with van der Waals surface area (Å²) in [6.07, 6.45) is 0. The molecule has 0 saturated carbocycles. The van der Waals surface area contributed by atoms with Crippen LogP contribution >= 0.6 is 0 Å². The normalized spacial score (nSPS) is 11.0. The van der Waals surface area contributed by atoms with E-state index in [1.165, 1.54) is 24.3 Å². The molecule has 170 valence electrons. The van der Waals surface area contributed by atoms with Crippen LogP contribution in [0.2, 0.25) is 0 Å². The van der Waals surface area contributed by atoms with Gasteiger partial charge in [0.1, 0.15) is 5.56 Å². The number of hydrogen-bond donors (Lipinski definition) is 2. The molecule has 0 unspecified atom stereocenters. The van der Waals surface area contributed by atoms with Crippen LogP contribution in [0.3, 0.4) is 0 Å². The summed E-state index contributed by atoms with van der Waals surface area (Å²) in [5.74, 6) is -0.874. The monoisotopic (exact) mass is 470 g/mol. The lowest BCUT2D eigenvalue weighted by atomic mass is 10.1. The minimum absolute atomic E-state index is 0.0514. The molecule has 0 atom stereocenters. The van der Waals surface area contributed by atoms with Crippen molar-refractivity contribution >= 4 is 38.7 Å². The Balaban J connectivity index is 1.82. The zero-order valence-electron chi connectivity index (χ0n) is 17.4. The Hall–Kier alpha value is -4.32. The molecule has 33 heavy (non-hydrogen) atoms. The van der Waals surface area contributed by atoms with E-state index in [0.717, 1.165) is 23.3 Å². The maximum absolute atomic E-state index is 12.7. The average molecular weight is 470 g/mol. The van der Waals surface area contributed by atoms with E-state index in [9.17, 15) is 33.4 Å². The summed E-state index contributed by atoms with van der Waals surface area (Å²) in [7, 11) is -3.90. The number of carbonyl (C=O) groups excluding carboxylic acids is 1. The highest BCUT2D eigenvalue weighted by Gasteiger charge is 2.24. The van der Waals surface area contributed by atoms with E-state index in [1.54, 1.807) is 26.0 Å². The molecule has 3 aromatic carbocycles. The van der Waals surface area contributed by atoms with Gasteiger partial charge in [0.05, 0.1) is 26.5 Å². The van der Waals surface area contributed by atoms with Gasteiger partial charge in [-0.25, -0.2) is 8.42 Å². The van der Waals surface area contributed by atoms with Crippen molar-refractivity contribution in [1.29, 1.82) is 0 Å². The highest BCUT2D eigenvalue weighted by atomic mass is 32.2. The SMILES string of the molecule is Cc1cccc(C)c1NS(=O)(=O)c1ccc(NC(=O)c2ccc([N+](=O)[O-])cc2[N+](=O)[O-])cc1. The van der Waals surface area contributed by atoms with E-state index in [0.29, 0.717) is 11.8 Å². The second kappa shape index (κ2) is 9.04. The van der Waals surface area contributed by atoms with Gasteiger partial charge in [-0.05, 0) is 55.3 Å². The molecule has 0 heterocycles. The van der Waals surface area contributed by atoms with Crippen LogP contribution in [0.5, 0.6) is 0 Å². The Morgan fingerprint density at radius 1 is 0.879 bits per heavy atom. The summed E-state index contributed by atoms with van der Waals surface area (Å²) in [4.78, 5) is 32.8. The highest BCUT2D eigenvalue weighted by molar-refractivity contribution is 7.92. The minimum Gasteiger partial charge on any atom is -0.322 e. The molecule has 0 saturated heterocycles. The van der Waals surface area contributed by atoms with E-state index in [2.05, 4.69) is 10.0 Å². The van der Waals surface area contributed by atoms with E-state index >= 15 is 0 Å². The van der Waals surface area contributed by atoms with E-state index in [1.807, 2.05) is 6.07 Å². The summed E-state index contributed by atoms with van der Waals surface area (Å²) < 4.78 is 28.0. The molecule has 0 bridgehead atoms. The van der Waals surface area contributed by atoms with Crippen LogP contribution in [-0.2, 0) is 10.0 Å². The molecule has 2 N–H and O–H groups in total. The van der Waals surface area contributed by atoms with Crippen LogP contribution in [0.1, 0.15) is 21.5 Å². The van der Waals surface area contributed by atoms with Gasteiger partial charge in [-0.2, -0.15) is 0 Å². The fraction of sp³-hybridized carbons (Fsp3) is 0.0952. The van der Waals surface area contributed by atoms with Crippen LogP contribution < -0.4 is 10.0 Å². The number of rotatable bonds is 7. The second-order valence-corrected chi connectivity index (χ2v) is 8.75. The topological polar surface area (TPSA) is 162 Å². The molecule has 0 aliphatic carbocycles. The Labute approximate surface area is 188 Å². The van der Waals surface area contributed by atoms with Gasteiger partial charge in [0, 0.05) is 11.8 Å². The Kier molecular flexibility index (Phi) is 6.40. The largest absolute Gasteiger partial charge is 0.322 e. The molecular weight excluding hydrogens is 452 g/mol. The molecular formula is C21H18N4O7S. The number of non-ortho nitro benzene ring substituents is 1. The smallest absolute Gasteiger partial charge is 0.289 e. The Morgan fingerprint density at radius 2 is 1.48 bits per heavy atom. The third kappa shape index (κ3) is 5.13. The van der Waals surface area contributed by atoms with Crippen LogP contribution in [-0.4, -0.2) is 24.2 Å². The third-order valence-corrected chi connectivity index (χ3v) is 6.14. The van der Waals surface area contributed by atoms with Gasteiger partial charge in [-0.3, -0.25) is 29.7 Å². The summed E-state index contributed by atoms with van der Waals surface area (Å²) in [5, 5.41) is 24.5. The molecule has 0 aliphatic rings. The predicted octanol–water partition coefficient (Wildman–Crippen LogP) is 4.17. The van der Waals surface area contributed by atoms with Gasteiger partial charge >= 0.3 is 0 Å². The quantitative estimate of drug-likeness (QED) is 0.387. The zero-order chi connectivity index (χ0) is 24.3. The van der Waals surface area contributed by atoms with Crippen molar-refractivity contribution in [2.24, 2.45) is 0 Å². The number of nitro benzene ring substituents is 2. The van der Waals surface area contributed by atoms with E-state index in [-0.39, 0.29) is 16.1 Å². The van der Waals surface area contributed by atoms with Crippen molar-refractivity contribution in [3.63, 3.8) is 0 Å². The van der Waals surface area contributed by atoms with Gasteiger partial charge in [-0.15, -0.1) is 0 Å². The van der Waals surface area contributed by atoms with Crippen molar-refractivity contribution in [3.8, 4) is 0 Å². The van der Waals surface area contributed by atoms with Gasteiger partial charge in [-0.1, -0.05) is 18.2 Å². The van der Waals surface area contributed by atoms with Crippen molar-refractivity contribution in [2.45, 2.75) is 18.7 Å². The number of nitrogens with one attached hydrogen (secondary N) is 2.